The normalized spacial score (nSPS) is 19.0. The van der Waals surface area contributed by atoms with E-state index in [1.165, 1.54) is 0 Å². The highest BCUT2D eigenvalue weighted by Gasteiger charge is 2.26. The fraction of sp³-hybridized carbons (Fsp3) is 0.200. The van der Waals surface area contributed by atoms with Crippen LogP contribution in [0.4, 0.5) is 5.69 Å². The number of anilines is 1. The third kappa shape index (κ3) is 1.30. The Hall–Kier alpha value is -1.35. The van der Waals surface area contributed by atoms with Crippen LogP contribution in [0.5, 0.6) is 0 Å². The minimum Gasteiger partial charge on any atom is -0.325 e. The van der Waals surface area contributed by atoms with Gasteiger partial charge in [-0.15, -0.1) is 0 Å². The molecule has 0 saturated carbocycles. The van der Waals surface area contributed by atoms with Crippen molar-refractivity contribution in [2.45, 2.75) is 12.8 Å². The predicted octanol–water partition coefficient (Wildman–Crippen LogP) is 2.12. The second-order valence-corrected chi connectivity index (χ2v) is 3.63. The van der Waals surface area contributed by atoms with Crippen LogP contribution in [0.2, 0.25) is 0 Å². The number of amides is 1. The van der Waals surface area contributed by atoms with Crippen LogP contribution < -0.4 is 5.32 Å². The number of halogens is 1. The number of benzene rings is 1. The van der Waals surface area contributed by atoms with Crippen LogP contribution in [0.25, 0.3) is 0 Å². The van der Waals surface area contributed by atoms with Crippen molar-refractivity contribution in [3.8, 4) is 0 Å². The molecule has 0 aliphatic carbocycles. The summed E-state index contributed by atoms with van der Waals surface area (Å²) in [6.07, 6.45) is 0. The van der Waals surface area contributed by atoms with E-state index in [0.29, 0.717) is 5.56 Å². The minimum atomic E-state index is -0.501. The van der Waals surface area contributed by atoms with E-state index in [1.807, 2.05) is 0 Å². The van der Waals surface area contributed by atoms with Gasteiger partial charge in [0.15, 0.2) is 0 Å². The van der Waals surface area contributed by atoms with Gasteiger partial charge in [0.1, 0.15) is 0 Å². The molecule has 0 spiro atoms. The van der Waals surface area contributed by atoms with Crippen molar-refractivity contribution in [3.05, 3.63) is 29.3 Å². The first-order valence-corrected chi connectivity index (χ1v) is 4.62. The van der Waals surface area contributed by atoms with Crippen molar-refractivity contribution < 1.29 is 9.59 Å². The maximum Gasteiger partial charge on any atom is 0.252 e. The summed E-state index contributed by atoms with van der Waals surface area (Å²) in [5.41, 5.74) is 2.03. The smallest absolute Gasteiger partial charge is 0.252 e. The van der Waals surface area contributed by atoms with E-state index < -0.39 is 5.24 Å². The number of rotatable bonds is 1. The number of fused-ring (bicyclic) bond motifs is 1. The van der Waals surface area contributed by atoms with Gasteiger partial charge >= 0.3 is 0 Å². The van der Waals surface area contributed by atoms with Gasteiger partial charge in [-0.3, -0.25) is 9.59 Å². The number of carbonyl (C=O) groups excluding carboxylic acids is 2. The standard InChI is InChI=1S/C10H8ClNO2/c1-5-7-4-6(9(11)13)2-3-8(7)12-10(5)14/h2-5H,1H3,(H,12,14). The molecule has 0 bridgehead atoms. The quantitative estimate of drug-likeness (QED) is 0.721. The molecule has 1 aliphatic rings. The first-order valence-electron chi connectivity index (χ1n) is 4.24. The van der Waals surface area contributed by atoms with Crippen LogP contribution >= 0.6 is 11.6 Å². The van der Waals surface area contributed by atoms with Crippen molar-refractivity contribution in [2.24, 2.45) is 0 Å². The summed E-state index contributed by atoms with van der Waals surface area (Å²) in [6, 6.07) is 4.96. The summed E-state index contributed by atoms with van der Waals surface area (Å²) in [5, 5.41) is 2.22. The topological polar surface area (TPSA) is 46.2 Å². The lowest BCUT2D eigenvalue weighted by molar-refractivity contribution is -0.116. The highest BCUT2D eigenvalue weighted by atomic mass is 35.5. The zero-order valence-electron chi connectivity index (χ0n) is 7.50. The Labute approximate surface area is 86.1 Å². The Bertz CT molecular complexity index is 428. The van der Waals surface area contributed by atoms with Gasteiger partial charge < -0.3 is 5.32 Å². The minimum absolute atomic E-state index is 0.0424. The lowest BCUT2D eigenvalue weighted by Crippen LogP contribution is -2.08. The van der Waals surface area contributed by atoms with Gasteiger partial charge in [0.05, 0.1) is 5.92 Å². The Balaban J connectivity index is 2.51. The molecule has 1 heterocycles. The van der Waals surface area contributed by atoms with Crippen LogP contribution in [0.15, 0.2) is 18.2 Å². The third-order valence-corrected chi connectivity index (χ3v) is 2.61. The molecule has 0 saturated heterocycles. The largest absolute Gasteiger partial charge is 0.325 e. The second kappa shape index (κ2) is 3.10. The molecule has 1 N–H and O–H groups in total. The number of hydrogen-bond acceptors (Lipinski definition) is 2. The van der Waals surface area contributed by atoms with Gasteiger partial charge in [-0.25, -0.2) is 0 Å². The lowest BCUT2D eigenvalue weighted by atomic mass is 10.0. The summed E-state index contributed by atoms with van der Waals surface area (Å²) in [4.78, 5) is 22.2. The van der Waals surface area contributed by atoms with Crippen LogP contribution in [0, 0.1) is 0 Å². The van der Waals surface area contributed by atoms with E-state index in [1.54, 1.807) is 25.1 Å². The van der Waals surface area contributed by atoms with Gasteiger partial charge in [-0.2, -0.15) is 0 Å². The van der Waals surface area contributed by atoms with Gasteiger partial charge in [0.25, 0.3) is 5.24 Å². The Morgan fingerprint density at radius 2 is 2.21 bits per heavy atom. The van der Waals surface area contributed by atoms with Crippen molar-refractivity contribution >= 4 is 28.4 Å². The van der Waals surface area contributed by atoms with Crippen LogP contribution in [-0.4, -0.2) is 11.1 Å². The predicted molar refractivity (Wildman–Crippen MR) is 53.7 cm³/mol. The molecule has 0 radical (unpaired) electrons. The van der Waals surface area contributed by atoms with Crippen molar-refractivity contribution in [1.82, 2.24) is 0 Å². The lowest BCUT2D eigenvalue weighted by Gasteiger charge is -2.01. The van der Waals surface area contributed by atoms with E-state index in [4.69, 9.17) is 11.6 Å². The zero-order chi connectivity index (χ0) is 10.3. The van der Waals surface area contributed by atoms with Gasteiger partial charge in [0.2, 0.25) is 5.91 Å². The molecule has 1 atom stereocenters. The molecule has 0 aromatic heterocycles. The van der Waals surface area contributed by atoms with Crippen LogP contribution in [-0.2, 0) is 4.79 Å². The Morgan fingerprint density at radius 1 is 1.50 bits per heavy atom. The van der Waals surface area contributed by atoms with Crippen molar-refractivity contribution in [2.75, 3.05) is 5.32 Å². The van der Waals surface area contributed by atoms with Gasteiger partial charge in [-0.1, -0.05) is 0 Å². The van der Waals surface area contributed by atoms with E-state index in [-0.39, 0.29) is 11.8 Å². The van der Waals surface area contributed by atoms with Crippen molar-refractivity contribution in [1.29, 1.82) is 0 Å². The Morgan fingerprint density at radius 3 is 2.86 bits per heavy atom. The highest BCUT2D eigenvalue weighted by molar-refractivity contribution is 6.67. The Kier molecular flexibility index (Phi) is 2.04. The summed E-state index contributed by atoms with van der Waals surface area (Å²) in [7, 11) is 0. The van der Waals surface area contributed by atoms with Crippen LogP contribution in [0.1, 0.15) is 28.8 Å². The molecule has 1 amide bonds. The van der Waals surface area contributed by atoms with E-state index in [0.717, 1.165) is 11.3 Å². The van der Waals surface area contributed by atoms with Gasteiger partial charge in [0, 0.05) is 11.3 Å². The number of hydrogen-bond donors (Lipinski definition) is 1. The summed E-state index contributed by atoms with van der Waals surface area (Å²) >= 11 is 5.34. The molecular weight excluding hydrogens is 202 g/mol. The molecule has 1 unspecified atom stereocenters. The SMILES string of the molecule is CC1C(=O)Nc2ccc(C(=O)Cl)cc21. The monoisotopic (exact) mass is 209 g/mol. The van der Waals surface area contributed by atoms with Gasteiger partial charge in [-0.05, 0) is 42.3 Å². The maximum absolute atomic E-state index is 11.3. The zero-order valence-corrected chi connectivity index (χ0v) is 8.26. The molecule has 1 aromatic rings. The summed E-state index contributed by atoms with van der Waals surface area (Å²) < 4.78 is 0. The highest BCUT2D eigenvalue weighted by Crippen LogP contribution is 2.32. The first kappa shape index (κ1) is 9.21. The van der Waals surface area contributed by atoms with E-state index >= 15 is 0 Å². The molecule has 2 rings (SSSR count). The van der Waals surface area contributed by atoms with Crippen LogP contribution in [0.3, 0.4) is 0 Å². The fourth-order valence-corrected chi connectivity index (χ4v) is 1.66. The molecule has 3 nitrogen and oxygen atoms in total. The molecular formula is C10H8ClNO2. The molecule has 1 aromatic carbocycles. The van der Waals surface area contributed by atoms with E-state index in [2.05, 4.69) is 5.32 Å². The number of carbonyl (C=O) groups is 2. The molecule has 72 valence electrons. The average molecular weight is 210 g/mol. The second-order valence-electron chi connectivity index (χ2n) is 3.29. The first-order chi connectivity index (χ1) is 6.59. The van der Waals surface area contributed by atoms with Crippen molar-refractivity contribution in [3.63, 3.8) is 0 Å². The summed E-state index contributed by atoms with van der Waals surface area (Å²) in [6.45, 7) is 1.80. The molecule has 4 heteroatoms. The molecule has 14 heavy (non-hydrogen) atoms. The third-order valence-electron chi connectivity index (χ3n) is 2.40. The maximum atomic E-state index is 11.3. The van der Waals surface area contributed by atoms with E-state index in [9.17, 15) is 9.59 Å². The summed E-state index contributed by atoms with van der Waals surface area (Å²) in [5.74, 6) is -0.250. The fourth-order valence-electron chi connectivity index (χ4n) is 1.54. The molecule has 1 aliphatic heterocycles. The average Bonchev–Trinajstić information content (AvgIpc) is 2.43. The number of nitrogens with one attached hydrogen (secondary N) is 1. The molecule has 0 fully saturated rings.